The summed E-state index contributed by atoms with van der Waals surface area (Å²) in [4.78, 5) is 3.98. The van der Waals surface area contributed by atoms with Crippen molar-refractivity contribution in [3.05, 3.63) is 36.4 Å². The van der Waals surface area contributed by atoms with Gasteiger partial charge >= 0.3 is 0 Å². The maximum Gasteiger partial charge on any atom is 0.0967 e. The van der Waals surface area contributed by atoms with Crippen molar-refractivity contribution in [2.24, 2.45) is 5.73 Å². The highest BCUT2D eigenvalue weighted by atomic mass is 15.4. The van der Waals surface area contributed by atoms with E-state index in [1.54, 1.807) is 23.3 Å². The minimum absolute atomic E-state index is 0.403. The fourth-order valence-electron chi connectivity index (χ4n) is 1.01. The third-order valence-electron chi connectivity index (χ3n) is 1.66. The van der Waals surface area contributed by atoms with Gasteiger partial charge < -0.3 is 5.73 Å². The summed E-state index contributed by atoms with van der Waals surface area (Å²) in [7, 11) is 0. The van der Waals surface area contributed by atoms with Crippen molar-refractivity contribution < 1.29 is 0 Å². The molecule has 0 radical (unpaired) electrons. The Bertz CT molecular complexity index is 380. The Balaban J connectivity index is 2.36. The van der Waals surface area contributed by atoms with Crippen molar-refractivity contribution in [1.82, 2.24) is 20.0 Å². The molecule has 0 saturated carbocycles. The first-order chi connectivity index (χ1) is 6.40. The summed E-state index contributed by atoms with van der Waals surface area (Å²) in [5.41, 5.74) is 7.06. The minimum atomic E-state index is 0.403. The fourth-order valence-corrected chi connectivity index (χ4v) is 1.01. The van der Waals surface area contributed by atoms with Gasteiger partial charge in [-0.25, -0.2) is 4.68 Å². The lowest BCUT2D eigenvalue weighted by atomic mass is 10.4. The van der Waals surface area contributed by atoms with E-state index in [9.17, 15) is 0 Å². The molecule has 0 fully saturated rings. The van der Waals surface area contributed by atoms with Gasteiger partial charge in [0.2, 0.25) is 0 Å². The Morgan fingerprint density at radius 2 is 2.38 bits per heavy atom. The van der Waals surface area contributed by atoms with Crippen molar-refractivity contribution in [3.63, 3.8) is 0 Å². The largest absolute Gasteiger partial charge is 0.325 e. The lowest BCUT2D eigenvalue weighted by Gasteiger charge is -1.95. The van der Waals surface area contributed by atoms with Gasteiger partial charge in [0.15, 0.2) is 0 Å². The summed E-state index contributed by atoms with van der Waals surface area (Å²) in [6.07, 6.45) is 5.22. The van der Waals surface area contributed by atoms with E-state index in [4.69, 9.17) is 5.73 Å². The van der Waals surface area contributed by atoms with Gasteiger partial charge in [-0.3, -0.25) is 4.98 Å². The van der Waals surface area contributed by atoms with Gasteiger partial charge in [-0.05, 0) is 12.1 Å². The Morgan fingerprint density at radius 3 is 3.00 bits per heavy atom. The van der Waals surface area contributed by atoms with Gasteiger partial charge in [-0.1, -0.05) is 5.21 Å². The summed E-state index contributed by atoms with van der Waals surface area (Å²) >= 11 is 0. The van der Waals surface area contributed by atoms with Crippen LogP contribution in [-0.4, -0.2) is 20.0 Å². The van der Waals surface area contributed by atoms with Crippen LogP contribution in [0.3, 0.4) is 0 Å². The van der Waals surface area contributed by atoms with E-state index in [1.165, 1.54) is 0 Å². The lowest BCUT2D eigenvalue weighted by molar-refractivity contribution is 0.793. The number of aromatic nitrogens is 4. The molecule has 0 spiro atoms. The van der Waals surface area contributed by atoms with Gasteiger partial charge in [-0.2, -0.15) is 0 Å². The molecule has 66 valence electrons. The zero-order valence-corrected chi connectivity index (χ0v) is 6.96. The first-order valence-corrected chi connectivity index (χ1v) is 3.92. The number of pyridine rings is 1. The molecule has 5 heteroatoms. The highest BCUT2D eigenvalue weighted by Gasteiger charge is 1.99. The summed E-state index contributed by atoms with van der Waals surface area (Å²) in [6.45, 7) is 0.403. The van der Waals surface area contributed by atoms with Crippen LogP contribution in [0.5, 0.6) is 0 Å². The van der Waals surface area contributed by atoms with Crippen LogP contribution < -0.4 is 5.73 Å². The van der Waals surface area contributed by atoms with Crippen LogP contribution in [0, 0.1) is 0 Å². The average molecular weight is 175 g/mol. The van der Waals surface area contributed by atoms with Crippen molar-refractivity contribution >= 4 is 0 Å². The maximum atomic E-state index is 5.41. The second-order valence-electron chi connectivity index (χ2n) is 2.57. The van der Waals surface area contributed by atoms with Crippen molar-refractivity contribution in [1.29, 1.82) is 0 Å². The van der Waals surface area contributed by atoms with E-state index in [2.05, 4.69) is 15.3 Å². The van der Waals surface area contributed by atoms with E-state index in [-0.39, 0.29) is 0 Å². The molecular formula is C8H9N5. The highest BCUT2D eigenvalue weighted by Crippen LogP contribution is 2.02. The van der Waals surface area contributed by atoms with Crippen LogP contribution in [0.25, 0.3) is 5.69 Å². The highest BCUT2D eigenvalue weighted by molar-refractivity contribution is 5.25. The molecule has 0 aliphatic rings. The number of nitrogens with two attached hydrogens (primary N) is 1. The number of nitrogens with zero attached hydrogens (tertiary/aromatic N) is 4. The third-order valence-corrected chi connectivity index (χ3v) is 1.66. The Hall–Kier alpha value is -1.75. The van der Waals surface area contributed by atoms with E-state index in [1.807, 2.05) is 12.1 Å². The Kier molecular flexibility index (Phi) is 2.01. The molecule has 0 unspecified atom stereocenters. The zero-order chi connectivity index (χ0) is 9.10. The summed E-state index contributed by atoms with van der Waals surface area (Å²) < 4.78 is 1.65. The monoisotopic (exact) mass is 175 g/mol. The maximum absolute atomic E-state index is 5.41. The van der Waals surface area contributed by atoms with Gasteiger partial charge in [0.05, 0.1) is 23.8 Å². The van der Waals surface area contributed by atoms with E-state index < -0.39 is 0 Å². The van der Waals surface area contributed by atoms with Gasteiger partial charge in [0, 0.05) is 12.7 Å². The van der Waals surface area contributed by atoms with Crippen molar-refractivity contribution in [3.8, 4) is 5.69 Å². The molecule has 2 aromatic rings. The van der Waals surface area contributed by atoms with Crippen LogP contribution in [0.4, 0.5) is 0 Å². The molecular weight excluding hydrogens is 166 g/mol. The molecule has 2 rings (SSSR count). The van der Waals surface area contributed by atoms with Crippen molar-refractivity contribution in [2.45, 2.75) is 6.54 Å². The first-order valence-electron chi connectivity index (χ1n) is 3.92. The molecule has 0 bridgehead atoms. The van der Waals surface area contributed by atoms with Gasteiger partial charge in [0.25, 0.3) is 0 Å². The standard InChI is InChI=1S/C8H9N5/c9-4-7-6-13(12-11-7)8-2-1-3-10-5-8/h1-3,5-6H,4,9H2. The van der Waals surface area contributed by atoms with E-state index in [0.717, 1.165) is 11.4 Å². The molecule has 13 heavy (non-hydrogen) atoms. The van der Waals surface area contributed by atoms with Crippen LogP contribution in [0.1, 0.15) is 5.69 Å². The third kappa shape index (κ3) is 1.54. The zero-order valence-electron chi connectivity index (χ0n) is 6.96. The van der Waals surface area contributed by atoms with E-state index >= 15 is 0 Å². The van der Waals surface area contributed by atoms with Gasteiger partial charge in [-0.15, -0.1) is 5.10 Å². The van der Waals surface area contributed by atoms with Crippen LogP contribution in [-0.2, 0) is 6.54 Å². The molecule has 0 amide bonds. The summed E-state index contributed by atoms with van der Waals surface area (Å²) in [6, 6.07) is 3.75. The van der Waals surface area contributed by atoms with Crippen molar-refractivity contribution in [2.75, 3.05) is 0 Å². The van der Waals surface area contributed by atoms with Crippen LogP contribution in [0.2, 0.25) is 0 Å². The van der Waals surface area contributed by atoms with E-state index in [0.29, 0.717) is 6.54 Å². The molecule has 2 heterocycles. The normalized spacial score (nSPS) is 10.2. The van der Waals surface area contributed by atoms with Gasteiger partial charge in [0.1, 0.15) is 0 Å². The lowest BCUT2D eigenvalue weighted by Crippen LogP contribution is -1.96. The summed E-state index contributed by atoms with van der Waals surface area (Å²) in [5, 5.41) is 7.78. The molecule has 0 aliphatic carbocycles. The molecule has 2 N–H and O–H groups in total. The Labute approximate surface area is 75.2 Å². The quantitative estimate of drug-likeness (QED) is 0.703. The molecule has 0 atom stereocenters. The Morgan fingerprint density at radius 1 is 1.46 bits per heavy atom. The average Bonchev–Trinajstić information content (AvgIpc) is 2.67. The minimum Gasteiger partial charge on any atom is -0.325 e. The number of hydrogen-bond donors (Lipinski definition) is 1. The predicted molar refractivity (Wildman–Crippen MR) is 47.0 cm³/mol. The molecule has 2 aromatic heterocycles. The summed E-state index contributed by atoms with van der Waals surface area (Å²) in [5.74, 6) is 0. The van der Waals surface area contributed by atoms with Crippen LogP contribution >= 0.6 is 0 Å². The molecule has 5 nitrogen and oxygen atoms in total. The number of hydrogen-bond acceptors (Lipinski definition) is 4. The smallest absolute Gasteiger partial charge is 0.0967 e. The van der Waals surface area contributed by atoms with Crippen LogP contribution in [0.15, 0.2) is 30.7 Å². The molecule has 0 aromatic carbocycles. The number of rotatable bonds is 2. The fraction of sp³-hybridized carbons (Fsp3) is 0.125. The second kappa shape index (κ2) is 3.32. The molecule has 0 aliphatic heterocycles. The topological polar surface area (TPSA) is 69.6 Å². The predicted octanol–water partition coefficient (Wildman–Crippen LogP) is 0.121. The molecule has 0 saturated heterocycles. The SMILES string of the molecule is NCc1cn(-c2cccnc2)nn1. The first kappa shape index (κ1) is 7.88. The second-order valence-corrected chi connectivity index (χ2v) is 2.57.